The third-order valence-corrected chi connectivity index (χ3v) is 3.86. The van der Waals surface area contributed by atoms with E-state index in [0.717, 1.165) is 23.8 Å². The van der Waals surface area contributed by atoms with E-state index in [2.05, 4.69) is 47.7 Å². The zero-order valence-corrected chi connectivity index (χ0v) is 11.4. The van der Waals surface area contributed by atoms with Crippen LogP contribution in [-0.4, -0.2) is 4.98 Å². The molecule has 2 rings (SSSR count). The van der Waals surface area contributed by atoms with Crippen LogP contribution in [0.5, 0.6) is 0 Å². The Morgan fingerprint density at radius 3 is 2.41 bits per heavy atom. The number of hydrogen-bond donors (Lipinski definition) is 1. The Morgan fingerprint density at radius 1 is 1.12 bits per heavy atom. The first-order valence-electron chi connectivity index (χ1n) is 5.83. The van der Waals surface area contributed by atoms with E-state index in [9.17, 15) is 0 Å². The van der Waals surface area contributed by atoms with Gasteiger partial charge in [-0.2, -0.15) is 0 Å². The van der Waals surface area contributed by atoms with Gasteiger partial charge >= 0.3 is 0 Å². The molecule has 0 atom stereocenters. The van der Waals surface area contributed by atoms with E-state index in [-0.39, 0.29) is 0 Å². The number of thiazole rings is 1. The summed E-state index contributed by atoms with van der Waals surface area (Å²) >= 11 is 1.72. The number of rotatable bonds is 4. The van der Waals surface area contributed by atoms with Crippen LogP contribution in [0.1, 0.15) is 27.4 Å². The molecule has 0 saturated heterocycles. The van der Waals surface area contributed by atoms with Gasteiger partial charge in [0.15, 0.2) is 0 Å². The lowest BCUT2D eigenvalue weighted by Crippen LogP contribution is -2.14. The van der Waals surface area contributed by atoms with Crippen molar-refractivity contribution in [2.24, 2.45) is 0 Å². The molecule has 0 aliphatic heterocycles. The smallest absolute Gasteiger partial charge is 0.107 e. The molecule has 3 heteroatoms. The van der Waals surface area contributed by atoms with Crippen molar-refractivity contribution in [3.05, 3.63) is 51.0 Å². The Labute approximate surface area is 107 Å². The minimum absolute atomic E-state index is 0.853. The van der Waals surface area contributed by atoms with Crippen LogP contribution in [0, 0.1) is 20.8 Å². The number of benzene rings is 1. The van der Waals surface area contributed by atoms with Gasteiger partial charge < -0.3 is 5.32 Å². The normalized spacial score (nSPS) is 10.8. The molecule has 1 heterocycles. The van der Waals surface area contributed by atoms with Gasteiger partial charge in [-0.05, 0) is 37.5 Å². The largest absolute Gasteiger partial charge is 0.306 e. The molecule has 0 saturated carbocycles. The number of hydrogen-bond acceptors (Lipinski definition) is 3. The molecular weight excluding hydrogens is 228 g/mol. The monoisotopic (exact) mass is 246 g/mol. The topological polar surface area (TPSA) is 24.9 Å². The highest BCUT2D eigenvalue weighted by Crippen LogP contribution is 2.13. The molecule has 0 aliphatic carbocycles. The molecule has 1 aromatic heterocycles. The van der Waals surface area contributed by atoms with Gasteiger partial charge in [-0.25, -0.2) is 4.98 Å². The molecule has 0 aliphatic rings. The summed E-state index contributed by atoms with van der Waals surface area (Å²) in [7, 11) is 0. The Balaban J connectivity index is 1.94. The molecule has 1 aromatic carbocycles. The summed E-state index contributed by atoms with van der Waals surface area (Å²) in [6.45, 7) is 8.13. The highest BCUT2D eigenvalue weighted by molar-refractivity contribution is 7.09. The fourth-order valence-electron chi connectivity index (χ4n) is 1.91. The van der Waals surface area contributed by atoms with Crippen LogP contribution in [-0.2, 0) is 13.1 Å². The third-order valence-electron chi connectivity index (χ3n) is 2.89. The molecular formula is C14H18N2S. The van der Waals surface area contributed by atoms with Gasteiger partial charge in [-0.15, -0.1) is 11.3 Å². The van der Waals surface area contributed by atoms with Gasteiger partial charge in [-0.3, -0.25) is 0 Å². The maximum atomic E-state index is 4.44. The summed E-state index contributed by atoms with van der Waals surface area (Å²) in [6, 6.07) is 6.44. The van der Waals surface area contributed by atoms with E-state index < -0.39 is 0 Å². The second-order valence-corrected chi connectivity index (χ2v) is 5.30. The van der Waals surface area contributed by atoms with Crippen LogP contribution < -0.4 is 5.32 Å². The van der Waals surface area contributed by atoms with Gasteiger partial charge in [0.2, 0.25) is 0 Å². The minimum Gasteiger partial charge on any atom is -0.306 e. The van der Waals surface area contributed by atoms with Gasteiger partial charge in [0.1, 0.15) is 5.01 Å². The van der Waals surface area contributed by atoms with Crippen LogP contribution in [0.25, 0.3) is 0 Å². The van der Waals surface area contributed by atoms with Crippen LogP contribution >= 0.6 is 11.3 Å². The Morgan fingerprint density at radius 2 is 1.82 bits per heavy atom. The average molecular weight is 246 g/mol. The molecule has 0 radical (unpaired) electrons. The van der Waals surface area contributed by atoms with E-state index in [1.165, 1.54) is 16.7 Å². The first-order valence-corrected chi connectivity index (χ1v) is 6.71. The molecule has 2 nitrogen and oxygen atoms in total. The van der Waals surface area contributed by atoms with Gasteiger partial charge in [0.25, 0.3) is 0 Å². The fourth-order valence-corrected chi connectivity index (χ4v) is 2.65. The zero-order valence-electron chi connectivity index (χ0n) is 10.6. The van der Waals surface area contributed by atoms with Crippen LogP contribution in [0.4, 0.5) is 0 Å². The molecule has 0 amide bonds. The van der Waals surface area contributed by atoms with Crippen LogP contribution in [0.2, 0.25) is 0 Å². The molecule has 0 bridgehead atoms. The fraction of sp³-hybridized carbons (Fsp3) is 0.357. The quantitative estimate of drug-likeness (QED) is 0.894. The Hall–Kier alpha value is -1.19. The third kappa shape index (κ3) is 3.14. The lowest BCUT2D eigenvalue weighted by molar-refractivity contribution is 0.683. The SMILES string of the molecule is Cc1csc(CNCc2c(C)cccc2C)n1. The predicted octanol–water partition coefficient (Wildman–Crippen LogP) is 3.36. The number of nitrogens with zero attached hydrogens (tertiary/aromatic N) is 1. The van der Waals surface area contributed by atoms with Gasteiger partial charge in [0, 0.05) is 24.2 Å². The minimum atomic E-state index is 0.853. The second kappa shape index (κ2) is 5.43. The van der Waals surface area contributed by atoms with Crippen molar-refractivity contribution >= 4 is 11.3 Å². The zero-order chi connectivity index (χ0) is 12.3. The molecule has 90 valence electrons. The molecule has 0 unspecified atom stereocenters. The highest BCUT2D eigenvalue weighted by atomic mass is 32.1. The standard InChI is InChI=1S/C14H18N2S/c1-10-5-4-6-11(2)13(10)7-15-8-14-16-12(3)9-17-14/h4-6,9,15H,7-8H2,1-3H3. The van der Waals surface area contributed by atoms with E-state index in [1.807, 2.05) is 6.92 Å². The highest BCUT2D eigenvalue weighted by Gasteiger charge is 2.02. The average Bonchev–Trinajstić information content (AvgIpc) is 2.69. The van der Waals surface area contributed by atoms with E-state index in [4.69, 9.17) is 0 Å². The van der Waals surface area contributed by atoms with E-state index in [1.54, 1.807) is 11.3 Å². The summed E-state index contributed by atoms with van der Waals surface area (Å²) in [5.74, 6) is 0. The molecule has 2 aromatic rings. The van der Waals surface area contributed by atoms with Crippen LogP contribution in [0.3, 0.4) is 0 Å². The van der Waals surface area contributed by atoms with Crippen molar-refractivity contribution < 1.29 is 0 Å². The van der Waals surface area contributed by atoms with Crippen molar-refractivity contribution in [3.63, 3.8) is 0 Å². The maximum Gasteiger partial charge on any atom is 0.107 e. The Bertz CT molecular complexity index is 482. The van der Waals surface area contributed by atoms with E-state index in [0.29, 0.717) is 0 Å². The van der Waals surface area contributed by atoms with Crippen LogP contribution in [0.15, 0.2) is 23.6 Å². The summed E-state index contributed by atoms with van der Waals surface area (Å²) < 4.78 is 0. The molecule has 0 fully saturated rings. The molecule has 17 heavy (non-hydrogen) atoms. The summed E-state index contributed by atoms with van der Waals surface area (Å²) in [4.78, 5) is 4.44. The van der Waals surface area contributed by atoms with Crippen molar-refractivity contribution in [3.8, 4) is 0 Å². The van der Waals surface area contributed by atoms with E-state index >= 15 is 0 Å². The van der Waals surface area contributed by atoms with Crippen molar-refractivity contribution in [1.29, 1.82) is 0 Å². The van der Waals surface area contributed by atoms with Crippen molar-refractivity contribution in [2.75, 3.05) is 0 Å². The summed E-state index contributed by atoms with van der Waals surface area (Å²) in [6.07, 6.45) is 0. The molecule has 1 N–H and O–H groups in total. The number of nitrogens with one attached hydrogen (secondary N) is 1. The van der Waals surface area contributed by atoms with Crippen molar-refractivity contribution in [2.45, 2.75) is 33.9 Å². The maximum absolute atomic E-state index is 4.44. The lowest BCUT2D eigenvalue weighted by atomic mass is 10.0. The first-order chi connectivity index (χ1) is 8.16. The van der Waals surface area contributed by atoms with Gasteiger partial charge in [0.05, 0.1) is 0 Å². The predicted molar refractivity (Wildman–Crippen MR) is 73.3 cm³/mol. The molecule has 0 spiro atoms. The lowest BCUT2D eigenvalue weighted by Gasteiger charge is -2.09. The first kappa shape index (κ1) is 12.3. The van der Waals surface area contributed by atoms with Crippen molar-refractivity contribution in [1.82, 2.24) is 10.3 Å². The number of aromatic nitrogens is 1. The Kier molecular flexibility index (Phi) is 3.92. The van der Waals surface area contributed by atoms with Gasteiger partial charge in [-0.1, -0.05) is 18.2 Å². The second-order valence-electron chi connectivity index (χ2n) is 4.36. The summed E-state index contributed by atoms with van der Waals surface area (Å²) in [5, 5.41) is 6.72. The number of aryl methyl sites for hydroxylation is 3. The summed E-state index contributed by atoms with van der Waals surface area (Å²) in [5.41, 5.74) is 5.22.